The average molecular weight is 178 g/mol. The zero-order chi connectivity index (χ0) is 9.68. The van der Waals surface area contributed by atoms with Gasteiger partial charge in [0.1, 0.15) is 0 Å². The maximum Gasteiger partial charge on any atom is 0.0992 e. The van der Waals surface area contributed by atoms with Crippen LogP contribution in [-0.4, -0.2) is 14.5 Å². The molecule has 3 heteroatoms. The smallest absolute Gasteiger partial charge is 0.0992 e. The van der Waals surface area contributed by atoms with Gasteiger partial charge in [-0.3, -0.25) is 0 Å². The summed E-state index contributed by atoms with van der Waals surface area (Å²) in [5.41, 5.74) is 1.88. The standard InChI is InChI=1S/C8H8N2O.C2H6/c11-5-7-2-1-3-10-6-9-4-8(7)10;1-2/h1-4,6,11H,5H2;1-2H3. The van der Waals surface area contributed by atoms with Crippen LogP contribution < -0.4 is 0 Å². The molecular weight excluding hydrogens is 164 g/mol. The first kappa shape index (κ1) is 9.74. The predicted octanol–water partition coefficient (Wildman–Crippen LogP) is 1.85. The molecule has 0 fully saturated rings. The average Bonchev–Trinajstić information content (AvgIpc) is 2.68. The molecule has 0 radical (unpaired) electrons. The fourth-order valence-corrected chi connectivity index (χ4v) is 1.14. The number of rotatable bonds is 1. The second-order valence-corrected chi connectivity index (χ2v) is 2.38. The number of aliphatic hydroxyl groups is 1. The molecule has 2 rings (SSSR count). The van der Waals surface area contributed by atoms with E-state index in [0.717, 1.165) is 11.1 Å². The Bertz CT molecular complexity index is 368. The van der Waals surface area contributed by atoms with Crippen LogP contribution in [-0.2, 0) is 6.61 Å². The van der Waals surface area contributed by atoms with Crippen molar-refractivity contribution >= 4 is 5.52 Å². The molecular formula is C10H14N2O. The summed E-state index contributed by atoms with van der Waals surface area (Å²) in [7, 11) is 0. The number of imidazole rings is 1. The molecule has 0 aromatic carbocycles. The minimum Gasteiger partial charge on any atom is -0.392 e. The lowest BCUT2D eigenvalue weighted by molar-refractivity contribution is 0.283. The number of hydrogen-bond acceptors (Lipinski definition) is 2. The Morgan fingerprint density at radius 2 is 2.23 bits per heavy atom. The Balaban J connectivity index is 0.000000396. The lowest BCUT2D eigenvalue weighted by Crippen LogP contribution is -1.88. The van der Waals surface area contributed by atoms with E-state index in [-0.39, 0.29) is 6.61 Å². The summed E-state index contributed by atoms with van der Waals surface area (Å²) in [6, 6.07) is 3.78. The monoisotopic (exact) mass is 178 g/mol. The van der Waals surface area contributed by atoms with Crippen molar-refractivity contribution in [2.24, 2.45) is 0 Å². The van der Waals surface area contributed by atoms with Gasteiger partial charge in [0.2, 0.25) is 0 Å². The van der Waals surface area contributed by atoms with Crippen molar-refractivity contribution in [1.82, 2.24) is 9.38 Å². The van der Waals surface area contributed by atoms with Gasteiger partial charge in [-0.1, -0.05) is 19.9 Å². The van der Waals surface area contributed by atoms with Crippen LogP contribution in [0.4, 0.5) is 0 Å². The highest BCUT2D eigenvalue weighted by Crippen LogP contribution is 2.08. The molecule has 0 bridgehead atoms. The molecule has 2 heterocycles. The molecule has 2 aromatic heterocycles. The van der Waals surface area contributed by atoms with Crippen LogP contribution >= 0.6 is 0 Å². The van der Waals surface area contributed by atoms with E-state index < -0.39 is 0 Å². The summed E-state index contributed by atoms with van der Waals surface area (Å²) in [5.74, 6) is 0. The Morgan fingerprint density at radius 1 is 1.46 bits per heavy atom. The van der Waals surface area contributed by atoms with Gasteiger partial charge in [-0.05, 0) is 6.07 Å². The van der Waals surface area contributed by atoms with Crippen molar-refractivity contribution in [1.29, 1.82) is 0 Å². The number of hydrogen-bond donors (Lipinski definition) is 1. The van der Waals surface area contributed by atoms with E-state index in [2.05, 4.69) is 4.98 Å². The lowest BCUT2D eigenvalue weighted by atomic mass is 10.2. The number of aliphatic hydroxyl groups excluding tert-OH is 1. The lowest BCUT2D eigenvalue weighted by Gasteiger charge is -1.97. The highest BCUT2D eigenvalue weighted by molar-refractivity contribution is 5.52. The second-order valence-electron chi connectivity index (χ2n) is 2.38. The second kappa shape index (κ2) is 4.62. The number of fused-ring (bicyclic) bond motifs is 1. The van der Waals surface area contributed by atoms with E-state index in [9.17, 15) is 0 Å². The Hall–Kier alpha value is -1.35. The zero-order valence-electron chi connectivity index (χ0n) is 7.94. The van der Waals surface area contributed by atoms with Gasteiger partial charge in [0.15, 0.2) is 0 Å². The minimum absolute atomic E-state index is 0.0655. The van der Waals surface area contributed by atoms with E-state index >= 15 is 0 Å². The third-order valence-electron chi connectivity index (χ3n) is 1.71. The van der Waals surface area contributed by atoms with Gasteiger partial charge in [0, 0.05) is 11.8 Å². The van der Waals surface area contributed by atoms with E-state index in [4.69, 9.17) is 5.11 Å². The number of pyridine rings is 1. The summed E-state index contributed by atoms with van der Waals surface area (Å²) >= 11 is 0. The minimum atomic E-state index is 0.0655. The van der Waals surface area contributed by atoms with Crippen LogP contribution in [0.3, 0.4) is 0 Å². The van der Waals surface area contributed by atoms with Gasteiger partial charge in [-0.15, -0.1) is 0 Å². The molecule has 2 aromatic rings. The van der Waals surface area contributed by atoms with E-state index in [1.165, 1.54) is 0 Å². The van der Waals surface area contributed by atoms with Crippen LogP contribution in [0.1, 0.15) is 19.4 Å². The number of nitrogens with zero attached hydrogens (tertiary/aromatic N) is 2. The Morgan fingerprint density at radius 3 is 2.92 bits per heavy atom. The van der Waals surface area contributed by atoms with Crippen LogP contribution in [0.25, 0.3) is 5.52 Å². The molecule has 0 saturated heterocycles. The van der Waals surface area contributed by atoms with E-state index in [1.54, 1.807) is 12.5 Å². The van der Waals surface area contributed by atoms with Gasteiger partial charge in [-0.2, -0.15) is 0 Å². The summed E-state index contributed by atoms with van der Waals surface area (Å²) in [4.78, 5) is 3.96. The molecule has 0 saturated carbocycles. The molecule has 3 nitrogen and oxygen atoms in total. The van der Waals surface area contributed by atoms with Gasteiger partial charge < -0.3 is 9.51 Å². The van der Waals surface area contributed by atoms with Crippen molar-refractivity contribution < 1.29 is 5.11 Å². The largest absolute Gasteiger partial charge is 0.392 e. The first-order valence-corrected chi connectivity index (χ1v) is 4.42. The molecule has 70 valence electrons. The van der Waals surface area contributed by atoms with Crippen LogP contribution in [0.2, 0.25) is 0 Å². The maximum atomic E-state index is 8.91. The quantitative estimate of drug-likeness (QED) is 0.723. The van der Waals surface area contributed by atoms with Crippen molar-refractivity contribution in [2.45, 2.75) is 20.5 Å². The van der Waals surface area contributed by atoms with E-state index in [1.807, 2.05) is 36.6 Å². The fourth-order valence-electron chi connectivity index (χ4n) is 1.14. The molecule has 0 spiro atoms. The Labute approximate surface area is 77.7 Å². The first-order valence-electron chi connectivity index (χ1n) is 4.42. The fraction of sp³-hybridized carbons (Fsp3) is 0.300. The topological polar surface area (TPSA) is 37.5 Å². The summed E-state index contributed by atoms with van der Waals surface area (Å²) in [6.07, 6.45) is 5.36. The van der Waals surface area contributed by atoms with Gasteiger partial charge in [0.25, 0.3) is 0 Å². The van der Waals surface area contributed by atoms with Crippen molar-refractivity contribution in [3.8, 4) is 0 Å². The molecule has 0 amide bonds. The first-order chi connectivity index (χ1) is 6.42. The highest BCUT2D eigenvalue weighted by Gasteiger charge is 1.97. The van der Waals surface area contributed by atoms with Gasteiger partial charge >= 0.3 is 0 Å². The summed E-state index contributed by atoms with van der Waals surface area (Å²) in [5, 5.41) is 8.91. The maximum absolute atomic E-state index is 8.91. The molecule has 1 N–H and O–H groups in total. The SMILES string of the molecule is CC.OCc1cccn2cncc12. The van der Waals surface area contributed by atoms with Gasteiger partial charge in [-0.25, -0.2) is 4.98 Å². The Kier molecular flexibility index (Phi) is 3.46. The van der Waals surface area contributed by atoms with Crippen molar-refractivity contribution in [2.75, 3.05) is 0 Å². The van der Waals surface area contributed by atoms with Crippen LogP contribution in [0.15, 0.2) is 30.9 Å². The molecule has 0 aliphatic rings. The molecule has 0 aliphatic heterocycles. The van der Waals surface area contributed by atoms with Crippen molar-refractivity contribution in [3.05, 3.63) is 36.4 Å². The predicted molar refractivity (Wildman–Crippen MR) is 52.5 cm³/mol. The number of aromatic nitrogens is 2. The normalized spacial score (nSPS) is 9.46. The highest BCUT2D eigenvalue weighted by atomic mass is 16.3. The zero-order valence-corrected chi connectivity index (χ0v) is 7.94. The molecule has 13 heavy (non-hydrogen) atoms. The van der Waals surface area contributed by atoms with Crippen LogP contribution in [0, 0.1) is 0 Å². The third-order valence-corrected chi connectivity index (χ3v) is 1.71. The molecule has 0 atom stereocenters. The molecule has 0 unspecified atom stereocenters. The van der Waals surface area contributed by atoms with Crippen molar-refractivity contribution in [3.63, 3.8) is 0 Å². The summed E-state index contributed by atoms with van der Waals surface area (Å²) < 4.78 is 1.88. The van der Waals surface area contributed by atoms with Crippen LogP contribution in [0.5, 0.6) is 0 Å². The molecule has 0 aliphatic carbocycles. The van der Waals surface area contributed by atoms with E-state index in [0.29, 0.717) is 0 Å². The van der Waals surface area contributed by atoms with Gasteiger partial charge in [0.05, 0.1) is 24.6 Å². The third kappa shape index (κ3) is 1.87. The summed E-state index contributed by atoms with van der Waals surface area (Å²) in [6.45, 7) is 4.07.